The number of hydrogen-bond donors (Lipinski definition) is 1. The normalized spacial score (nSPS) is 10.3. The third kappa shape index (κ3) is 3.27. The van der Waals surface area contributed by atoms with Gasteiger partial charge in [0.25, 0.3) is 0 Å². The third-order valence-electron chi connectivity index (χ3n) is 2.42. The van der Waals surface area contributed by atoms with Gasteiger partial charge in [0, 0.05) is 29.1 Å². The predicted octanol–water partition coefficient (Wildman–Crippen LogP) is 3.90. The Morgan fingerprint density at radius 2 is 2.12 bits per heavy atom. The molecular weight excluding hydrogens is 283 g/mol. The van der Waals surface area contributed by atoms with Crippen molar-refractivity contribution in [3.63, 3.8) is 0 Å². The van der Waals surface area contributed by atoms with Crippen molar-refractivity contribution in [2.75, 3.05) is 5.32 Å². The molecule has 0 amide bonds. The Kier molecular flexibility index (Phi) is 3.74. The van der Waals surface area contributed by atoms with E-state index in [4.69, 9.17) is 0 Å². The summed E-state index contributed by atoms with van der Waals surface area (Å²) in [5.74, 6) is -0.181. The van der Waals surface area contributed by atoms with Gasteiger partial charge in [-0.1, -0.05) is 0 Å². The fourth-order valence-corrected chi connectivity index (χ4v) is 1.92. The summed E-state index contributed by atoms with van der Waals surface area (Å²) in [6.45, 7) is 2.42. The lowest BCUT2D eigenvalue weighted by atomic mass is 10.2. The number of hydrogen-bond acceptors (Lipinski definition) is 2. The first-order valence-corrected chi connectivity index (χ1v) is 6.04. The van der Waals surface area contributed by atoms with Gasteiger partial charge in [0.2, 0.25) is 0 Å². The fourth-order valence-electron chi connectivity index (χ4n) is 1.51. The van der Waals surface area contributed by atoms with E-state index in [0.717, 1.165) is 15.7 Å². The highest BCUT2D eigenvalue weighted by Gasteiger charge is 1.99. The van der Waals surface area contributed by atoms with E-state index in [1.165, 1.54) is 6.07 Å². The molecule has 0 fully saturated rings. The highest BCUT2D eigenvalue weighted by atomic mass is 79.9. The molecule has 0 radical (unpaired) electrons. The Labute approximate surface area is 108 Å². The number of anilines is 1. The van der Waals surface area contributed by atoms with Crippen LogP contribution in [-0.4, -0.2) is 4.98 Å². The summed E-state index contributed by atoms with van der Waals surface area (Å²) >= 11 is 3.37. The zero-order valence-corrected chi connectivity index (χ0v) is 11.0. The number of pyridine rings is 1. The molecule has 1 aromatic heterocycles. The van der Waals surface area contributed by atoms with Crippen LogP contribution in [0.3, 0.4) is 0 Å². The SMILES string of the molecule is Cc1cc(NCc2cncc(Br)c2)ccc1F. The molecule has 0 aliphatic carbocycles. The van der Waals surface area contributed by atoms with Gasteiger partial charge >= 0.3 is 0 Å². The van der Waals surface area contributed by atoms with E-state index in [2.05, 4.69) is 26.2 Å². The second-order valence-corrected chi connectivity index (χ2v) is 4.74. The summed E-state index contributed by atoms with van der Waals surface area (Å²) in [5, 5.41) is 3.23. The Hall–Kier alpha value is -1.42. The minimum atomic E-state index is -0.181. The topological polar surface area (TPSA) is 24.9 Å². The predicted molar refractivity (Wildman–Crippen MR) is 70.4 cm³/mol. The Morgan fingerprint density at radius 3 is 2.82 bits per heavy atom. The van der Waals surface area contributed by atoms with Gasteiger partial charge in [0.15, 0.2) is 0 Å². The molecule has 0 spiro atoms. The fraction of sp³-hybridized carbons (Fsp3) is 0.154. The molecule has 0 aliphatic rings. The molecule has 1 heterocycles. The summed E-state index contributed by atoms with van der Waals surface area (Å²) in [7, 11) is 0. The van der Waals surface area contributed by atoms with Gasteiger partial charge in [-0.15, -0.1) is 0 Å². The Balaban J connectivity index is 2.05. The minimum Gasteiger partial charge on any atom is -0.381 e. The van der Waals surface area contributed by atoms with Crippen molar-refractivity contribution >= 4 is 21.6 Å². The van der Waals surface area contributed by atoms with Crippen molar-refractivity contribution in [2.45, 2.75) is 13.5 Å². The molecule has 1 N–H and O–H groups in total. The molecule has 4 heteroatoms. The Morgan fingerprint density at radius 1 is 1.29 bits per heavy atom. The van der Waals surface area contributed by atoms with Crippen LogP contribution in [0.15, 0.2) is 41.1 Å². The quantitative estimate of drug-likeness (QED) is 0.928. The van der Waals surface area contributed by atoms with Crippen LogP contribution in [0, 0.1) is 12.7 Å². The molecular formula is C13H12BrFN2. The van der Waals surface area contributed by atoms with E-state index in [-0.39, 0.29) is 5.82 Å². The van der Waals surface area contributed by atoms with E-state index in [9.17, 15) is 4.39 Å². The van der Waals surface area contributed by atoms with Crippen molar-refractivity contribution in [1.82, 2.24) is 4.98 Å². The number of rotatable bonds is 3. The maximum Gasteiger partial charge on any atom is 0.126 e. The second-order valence-electron chi connectivity index (χ2n) is 3.83. The van der Waals surface area contributed by atoms with E-state index >= 15 is 0 Å². The maximum atomic E-state index is 13.1. The molecule has 1 aromatic carbocycles. The van der Waals surface area contributed by atoms with Gasteiger partial charge in [-0.25, -0.2) is 4.39 Å². The van der Waals surface area contributed by atoms with Crippen LogP contribution >= 0.6 is 15.9 Å². The lowest BCUT2D eigenvalue weighted by Gasteiger charge is -2.07. The summed E-state index contributed by atoms with van der Waals surface area (Å²) in [4.78, 5) is 4.08. The molecule has 88 valence electrons. The number of aromatic nitrogens is 1. The first-order chi connectivity index (χ1) is 8.15. The number of halogens is 2. The standard InChI is InChI=1S/C13H12BrFN2/c1-9-4-12(2-3-13(9)15)17-7-10-5-11(14)8-16-6-10/h2-6,8,17H,7H2,1H3. The smallest absolute Gasteiger partial charge is 0.126 e. The molecule has 2 aromatic rings. The zero-order chi connectivity index (χ0) is 12.3. The summed E-state index contributed by atoms with van der Waals surface area (Å²) in [6, 6.07) is 6.99. The molecule has 0 bridgehead atoms. The number of aryl methyl sites for hydroxylation is 1. The molecule has 0 atom stereocenters. The van der Waals surface area contributed by atoms with Gasteiger partial charge < -0.3 is 5.32 Å². The lowest BCUT2D eigenvalue weighted by Crippen LogP contribution is -2.00. The Bertz CT molecular complexity index is 529. The number of nitrogens with zero attached hydrogens (tertiary/aromatic N) is 1. The van der Waals surface area contributed by atoms with Crippen molar-refractivity contribution in [2.24, 2.45) is 0 Å². The van der Waals surface area contributed by atoms with Gasteiger partial charge in [0.1, 0.15) is 5.82 Å². The zero-order valence-electron chi connectivity index (χ0n) is 9.37. The minimum absolute atomic E-state index is 0.181. The highest BCUT2D eigenvalue weighted by Crippen LogP contribution is 2.15. The average molecular weight is 295 g/mol. The summed E-state index contributed by atoms with van der Waals surface area (Å²) in [6.07, 6.45) is 3.54. The van der Waals surface area contributed by atoms with Crippen LogP contribution in [0.25, 0.3) is 0 Å². The van der Waals surface area contributed by atoms with Crippen molar-refractivity contribution < 1.29 is 4.39 Å². The van der Waals surface area contributed by atoms with Crippen LogP contribution in [0.1, 0.15) is 11.1 Å². The van der Waals surface area contributed by atoms with E-state index < -0.39 is 0 Å². The lowest BCUT2D eigenvalue weighted by molar-refractivity contribution is 0.618. The number of benzene rings is 1. The first-order valence-electron chi connectivity index (χ1n) is 5.24. The molecule has 0 saturated heterocycles. The van der Waals surface area contributed by atoms with Crippen LogP contribution in [0.5, 0.6) is 0 Å². The molecule has 0 unspecified atom stereocenters. The largest absolute Gasteiger partial charge is 0.381 e. The first kappa shape index (κ1) is 12.0. The highest BCUT2D eigenvalue weighted by molar-refractivity contribution is 9.10. The monoisotopic (exact) mass is 294 g/mol. The summed E-state index contributed by atoms with van der Waals surface area (Å²) in [5.41, 5.74) is 2.62. The maximum absolute atomic E-state index is 13.1. The van der Waals surface area contributed by atoms with Crippen molar-refractivity contribution in [1.29, 1.82) is 0 Å². The second kappa shape index (κ2) is 5.27. The van der Waals surface area contributed by atoms with Crippen LogP contribution in [-0.2, 0) is 6.54 Å². The molecule has 2 rings (SSSR count). The van der Waals surface area contributed by atoms with Gasteiger partial charge in [-0.2, -0.15) is 0 Å². The average Bonchev–Trinajstić information content (AvgIpc) is 2.31. The van der Waals surface area contributed by atoms with Crippen LogP contribution in [0.2, 0.25) is 0 Å². The summed E-state index contributed by atoms with van der Waals surface area (Å²) < 4.78 is 14.0. The van der Waals surface area contributed by atoms with Crippen molar-refractivity contribution in [3.05, 3.63) is 58.1 Å². The van der Waals surface area contributed by atoms with Gasteiger partial charge in [-0.05, 0) is 58.2 Å². The van der Waals surface area contributed by atoms with E-state index in [0.29, 0.717) is 12.1 Å². The van der Waals surface area contributed by atoms with Gasteiger partial charge in [-0.3, -0.25) is 4.98 Å². The van der Waals surface area contributed by atoms with Gasteiger partial charge in [0.05, 0.1) is 0 Å². The molecule has 0 aliphatic heterocycles. The van der Waals surface area contributed by atoms with Crippen molar-refractivity contribution in [3.8, 4) is 0 Å². The van der Waals surface area contributed by atoms with Crippen LogP contribution in [0.4, 0.5) is 10.1 Å². The van der Waals surface area contributed by atoms with E-state index in [1.807, 2.05) is 6.07 Å². The molecule has 2 nitrogen and oxygen atoms in total. The van der Waals surface area contributed by atoms with Crippen LogP contribution < -0.4 is 5.32 Å². The molecule has 0 saturated carbocycles. The number of nitrogens with one attached hydrogen (secondary N) is 1. The third-order valence-corrected chi connectivity index (χ3v) is 2.85. The molecule has 17 heavy (non-hydrogen) atoms. The van der Waals surface area contributed by atoms with E-state index in [1.54, 1.807) is 31.5 Å².